The zero-order valence-electron chi connectivity index (χ0n) is 14.9. The number of benzene rings is 2. The molecule has 0 aliphatic carbocycles. The third-order valence-corrected chi connectivity index (χ3v) is 4.72. The lowest BCUT2D eigenvalue weighted by molar-refractivity contribution is 0.0697. The largest absolute Gasteiger partial charge is 0.478 e. The molecule has 1 unspecified atom stereocenters. The van der Waals surface area contributed by atoms with Crippen LogP contribution in [0.3, 0.4) is 0 Å². The number of aryl methyl sites for hydroxylation is 1. The number of aromatic nitrogens is 1. The second-order valence-corrected chi connectivity index (χ2v) is 6.56. The van der Waals surface area contributed by atoms with Crippen LogP contribution < -0.4 is 5.01 Å². The first-order valence-electron chi connectivity index (χ1n) is 8.80. The summed E-state index contributed by atoms with van der Waals surface area (Å²) in [4.78, 5) is 15.5. The van der Waals surface area contributed by atoms with Gasteiger partial charge in [-0.2, -0.15) is 5.10 Å². The van der Waals surface area contributed by atoms with Gasteiger partial charge in [0.25, 0.3) is 0 Å². The molecule has 134 valence electrons. The number of hydrogen-bond acceptors (Lipinski definition) is 4. The fraction of sp³-hybridized carbons (Fsp3) is 0.136. The molecule has 0 spiro atoms. The maximum atomic E-state index is 11.1. The lowest BCUT2D eigenvalue weighted by Crippen LogP contribution is -2.18. The highest BCUT2D eigenvalue weighted by Crippen LogP contribution is 2.36. The number of hydrogen-bond donors (Lipinski definition) is 1. The molecule has 0 fully saturated rings. The van der Waals surface area contributed by atoms with Crippen molar-refractivity contribution in [3.8, 4) is 0 Å². The molecule has 0 radical (unpaired) electrons. The second kappa shape index (κ2) is 7.03. The first kappa shape index (κ1) is 17.0. The number of anilines is 1. The Morgan fingerprint density at radius 1 is 1.04 bits per heavy atom. The first-order chi connectivity index (χ1) is 13.1. The fourth-order valence-corrected chi connectivity index (χ4v) is 3.25. The summed E-state index contributed by atoms with van der Waals surface area (Å²) in [7, 11) is 0. The number of carboxylic acids is 1. The average Bonchev–Trinajstić information content (AvgIpc) is 3.15. The lowest BCUT2D eigenvalue weighted by Gasteiger charge is -2.24. The Balaban J connectivity index is 1.73. The molecule has 27 heavy (non-hydrogen) atoms. The molecule has 1 aromatic heterocycles. The Labute approximate surface area is 157 Å². The average molecular weight is 357 g/mol. The summed E-state index contributed by atoms with van der Waals surface area (Å²) in [6, 6.07) is 21.1. The number of rotatable bonds is 4. The minimum absolute atomic E-state index is 0.0539. The minimum Gasteiger partial charge on any atom is -0.478 e. The van der Waals surface area contributed by atoms with Crippen LogP contribution in [-0.4, -0.2) is 21.8 Å². The zero-order chi connectivity index (χ0) is 18.8. The second-order valence-electron chi connectivity index (χ2n) is 6.56. The molecule has 2 aromatic carbocycles. The van der Waals surface area contributed by atoms with Gasteiger partial charge in [0.05, 0.1) is 23.0 Å². The van der Waals surface area contributed by atoms with Gasteiger partial charge in [-0.1, -0.05) is 30.3 Å². The van der Waals surface area contributed by atoms with E-state index in [4.69, 9.17) is 10.2 Å². The Kier molecular flexibility index (Phi) is 4.42. The summed E-state index contributed by atoms with van der Waals surface area (Å²) >= 11 is 0. The molecule has 0 saturated heterocycles. The molecular formula is C22H19N3O2. The molecule has 0 bridgehead atoms. The maximum Gasteiger partial charge on any atom is 0.335 e. The van der Waals surface area contributed by atoms with E-state index in [1.165, 1.54) is 5.56 Å². The van der Waals surface area contributed by atoms with E-state index in [2.05, 4.69) is 17.1 Å². The molecule has 3 aromatic rings. The van der Waals surface area contributed by atoms with Crippen molar-refractivity contribution in [3.63, 3.8) is 0 Å². The summed E-state index contributed by atoms with van der Waals surface area (Å²) in [6.07, 6.45) is 2.61. The predicted octanol–water partition coefficient (Wildman–Crippen LogP) is 4.44. The van der Waals surface area contributed by atoms with E-state index >= 15 is 0 Å². The van der Waals surface area contributed by atoms with E-state index in [0.29, 0.717) is 0 Å². The van der Waals surface area contributed by atoms with Gasteiger partial charge in [0.2, 0.25) is 0 Å². The van der Waals surface area contributed by atoms with Gasteiger partial charge in [0, 0.05) is 23.9 Å². The van der Waals surface area contributed by atoms with Crippen molar-refractivity contribution in [1.82, 2.24) is 4.98 Å². The number of aromatic carboxylic acids is 1. The summed E-state index contributed by atoms with van der Waals surface area (Å²) in [5.41, 5.74) is 5.24. The third kappa shape index (κ3) is 3.44. The topological polar surface area (TPSA) is 65.8 Å². The Morgan fingerprint density at radius 3 is 2.41 bits per heavy atom. The predicted molar refractivity (Wildman–Crippen MR) is 105 cm³/mol. The van der Waals surface area contributed by atoms with Gasteiger partial charge in [-0.3, -0.25) is 9.99 Å². The number of nitrogens with zero attached hydrogens (tertiary/aromatic N) is 3. The van der Waals surface area contributed by atoms with Crippen LogP contribution in [0, 0.1) is 6.92 Å². The molecule has 2 heterocycles. The van der Waals surface area contributed by atoms with Gasteiger partial charge in [-0.25, -0.2) is 4.79 Å². The van der Waals surface area contributed by atoms with Gasteiger partial charge < -0.3 is 5.11 Å². The van der Waals surface area contributed by atoms with E-state index in [9.17, 15) is 4.79 Å². The number of hydrazone groups is 1. The first-order valence-corrected chi connectivity index (χ1v) is 8.80. The van der Waals surface area contributed by atoms with E-state index in [1.807, 2.05) is 48.5 Å². The lowest BCUT2D eigenvalue weighted by atomic mass is 9.99. The van der Waals surface area contributed by atoms with Crippen molar-refractivity contribution < 1.29 is 9.90 Å². The normalized spacial score (nSPS) is 16.3. The molecule has 5 heteroatoms. The standard InChI is InChI=1S/C22H19N3O2/c1-15-7-8-18(14-23-15)20-13-21(16-5-3-2-4-6-16)25(24-20)19-11-9-17(10-12-19)22(26)27/h2-12,14,21H,13H2,1H3,(H,26,27). The van der Waals surface area contributed by atoms with Gasteiger partial charge in [-0.05, 0) is 48.9 Å². The highest BCUT2D eigenvalue weighted by molar-refractivity contribution is 6.03. The molecule has 1 aliphatic heterocycles. The van der Waals surface area contributed by atoms with Crippen LogP contribution in [0.4, 0.5) is 5.69 Å². The van der Waals surface area contributed by atoms with Crippen molar-refractivity contribution in [2.45, 2.75) is 19.4 Å². The third-order valence-electron chi connectivity index (χ3n) is 4.72. The van der Waals surface area contributed by atoms with Crippen LogP contribution >= 0.6 is 0 Å². The van der Waals surface area contributed by atoms with E-state index < -0.39 is 5.97 Å². The van der Waals surface area contributed by atoms with Crippen molar-refractivity contribution in [2.75, 3.05) is 5.01 Å². The molecule has 1 N–H and O–H groups in total. The van der Waals surface area contributed by atoms with Crippen LogP contribution in [0.25, 0.3) is 0 Å². The number of pyridine rings is 1. The van der Waals surface area contributed by atoms with Gasteiger partial charge >= 0.3 is 5.97 Å². The van der Waals surface area contributed by atoms with E-state index in [-0.39, 0.29) is 11.6 Å². The monoisotopic (exact) mass is 357 g/mol. The van der Waals surface area contributed by atoms with Crippen LogP contribution in [0.15, 0.2) is 78.0 Å². The van der Waals surface area contributed by atoms with Crippen molar-refractivity contribution in [1.29, 1.82) is 0 Å². The highest BCUT2D eigenvalue weighted by Gasteiger charge is 2.30. The van der Waals surface area contributed by atoms with Crippen LogP contribution in [0.1, 0.15) is 39.6 Å². The maximum absolute atomic E-state index is 11.1. The molecule has 4 rings (SSSR count). The van der Waals surface area contributed by atoms with Gasteiger partial charge in [0.15, 0.2) is 0 Å². The smallest absolute Gasteiger partial charge is 0.335 e. The van der Waals surface area contributed by atoms with Crippen LogP contribution in [0.5, 0.6) is 0 Å². The SMILES string of the molecule is Cc1ccc(C2=NN(c3ccc(C(=O)O)cc3)C(c3ccccc3)C2)cn1. The summed E-state index contributed by atoms with van der Waals surface area (Å²) < 4.78 is 0. The highest BCUT2D eigenvalue weighted by atomic mass is 16.4. The minimum atomic E-state index is -0.933. The molecule has 0 amide bonds. The number of carbonyl (C=O) groups is 1. The molecular weight excluding hydrogens is 338 g/mol. The number of carboxylic acid groups (broad SMARTS) is 1. The van der Waals surface area contributed by atoms with Gasteiger partial charge in [0.1, 0.15) is 0 Å². The quantitative estimate of drug-likeness (QED) is 0.749. The van der Waals surface area contributed by atoms with Crippen molar-refractivity contribution in [2.24, 2.45) is 5.10 Å². The Morgan fingerprint density at radius 2 is 1.78 bits per heavy atom. The molecule has 0 saturated carbocycles. The van der Waals surface area contributed by atoms with Gasteiger partial charge in [-0.15, -0.1) is 0 Å². The molecule has 1 atom stereocenters. The summed E-state index contributed by atoms with van der Waals surface area (Å²) in [5.74, 6) is -0.933. The van der Waals surface area contributed by atoms with Crippen molar-refractivity contribution in [3.05, 3.63) is 95.3 Å². The summed E-state index contributed by atoms with van der Waals surface area (Å²) in [5, 5.41) is 16.0. The van der Waals surface area contributed by atoms with Crippen molar-refractivity contribution >= 4 is 17.4 Å². The molecule has 5 nitrogen and oxygen atoms in total. The van der Waals surface area contributed by atoms with E-state index in [1.54, 1.807) is 24.3 Å². The van der Waals surface area contributed by atoms with E-state index in [0.717, 1.165) is 29.1 Å². The van der Waals surface area contributed by atoms with Crippen LogP contribution in [-0.2, 0) is 0 Å². The summed E-state index contributed by atoms with van der Waals surface area (Å²) in [6.45, 7) is 1.96. The van der Waals surface area contributed by atoms with Crippen LogP contribution in [0.2, 0.25) is 0 Å². The fourth-order valence-electron chi connectivity index (χ4n) is 3.25. The zero-order valence-corrected chi connectivity index (χ0v) is 14.9. The molecule has 1 aliphatic rings. The Bertz CT molecular complexity index is 980. The Hall–Kier alpha value is -3.47.